The van der Waals surface area contributed by atoms with Gasteiger partial charge in [0.1, 0.15) is 11.4 Å². The van der Waals surface area contributed by atoms with Crippen molar-refractivity contribution in [1.29, 1.82) is 0 Å². The van der Waals surface area contributed by atoms with Gasteiger partial charge in [-0.15, -0.1) is 0 Å². The summed E-state index contributed by atoms with van der Waals surface area (Å²) in [6.45, 7) is 6.31. The summed E-state index contributed by atoms with van der Waals surface area (Å²) >= 11 is 0. The van der Waals surface area contributed by atoms with Crippen molar-refractivity contribution in [2.24, 2.45) is 5.92 Å². The van der Waals surface area contributed by atoms with E-state index in [0.29, 0.717) is 29.7 Å². The molecule has 2 rings (SSSR count). The van der Waals surface area contributed by atoms with Crippen molar-refractivity contribution in [3.05, 3.63) is 36.1 Å². The van der Waals surface area contributed by atoms with Gasteiger partial charge in [0.15, 0.2) is 5.76 Å². The molecular formula is C16H20N2O3. The average Bonchev–Trinajstić information content (AvgIpc) is 2.81. The Bertz CT molecular complexity index is 591. The fourth-order valence-electron chi connectivity index (χ4n) is 1.84. The van der Waals surface area contributed by atoms with E-state index in [9.17, 15) is 4.79 Å². The summed E-state index contributed by atoms with van der Waals surface area (Å²) < 4.78 is 10.3. The Labute approximate surface area is 124 Å². The second kappa shape index (κ2) is 6.92. The summed E-state index contributed by atoms with van der Waals surface area (Å²) in [5, 5.41) is 6.72. The quantitative estimate of drug-likeness (QED) is 0.893. The highest BCUT2D eigenvalue weighted by molar-refractivity contribution is 5.90. The lowest BCUT2D eigenvalue weighted by molar-refractivity contribution is 0.155. The minimum Gasteiger partial charge on any atom is -0.449 e. The third-order valence-electron chi connectivity index (χ3n) is 3.07. The number of benzene rings is 1. The molecular weight excluding hydrogens is 268 g/mol. The van der Waals surface area contributed by atoms with E-state index < -0.39 is 6.09 Å². The highest BCUT2D eigenvalue weighted by Gasteiger charge is 2.17. The Morgan fingerprint density at radius 3 is 2.71 bits per heavy atom. The van der Waals surface area contributed by atoms with E-state index in [-0.39, 0.29) is 0 Å². The predicted octanol–water partition coefficient (Wildman–Crippen LogP) is 4.24. The molecule has 0 spiro atoms. The second-order valence-corrected chi connectivity index (χ2v) is 5.27. The smallest absolute Gasteiger partial charge is 0.411 e. The van der Waals surface area contributed by atoms with E-state index >= 15 is 0 Å². The van der Waals surface area contributed by atoms with Crippen molar-refractivity contribution >= 4 is 11.8 Å². The number of hydrogen-bond donors (Lipinski definition) is 1. The van der Waals surface area contributed by atoms with Gasteiger partial charge in [-0.2, -0.15) is 0 Å². The SMILES string of the molecule is Cc1onc(-c2ccccc2)c1NC(=O)OCCC(C)C. The number of ether oxygens (including phenoxy) is 1. The lowest BCUT2D eigenvalue weighted by Crippen LogP contribution is -2.15. The van der Waals surface area contributed by atoms with Crippen LogP contribution >= 0.6 is 0 Å². The Morgan fingerprint density at radius 2 is 2.05 bits per heavy atom. The van der Waals surface area contributed by atoms with Gasteiger partial charge in [0, 0.05) is 5.56 Å². The first-order chi connectivity index (χ1) is 10.1. The highest BCUT2D eigenvalue weighted by Crippen LogP contribution is 2.29. The van der Waals surface area contributed by atoms with Gasteiger partial charge in [-0.05, 0) is 19.3 Å². The Morgan fingerprint density at radius 1 is 1.33 bits per heavy atom. The third-order valence-corrected chi connectivity index (χ3v) is 3.07. The fourth-order valence-corrected chi connectivity index (χ4v) is 1.84. The number of aromatic nitrogens is 1. The van der Waals surface area contributed by atoms with E-state index in [4.69, 9.17) is 9.26 Å². The van der Waals surface area contributed by atoms with E-state index in [1.54, 1.807) is 6.92 Å². The Hall–Kier alpha value is -2.30. The first kappa shape index (κ1) is 15.1. The van der Waals surface area contributed by atoms with Crippen LogP contribution in [0.15, 0.2) is 34.9 Å². The molecule has 5 nitrogen and oxygen atoms in total. The molecule has 0 aliphatic carbocycles. The van der Waals surface area contributed by atoms with Gasteiger partial charge >= 0.3 is 6.09 Å². The van der Waals surface area contributed by atoms with Gasteiger partial charge in [0.05, 0.1) is 6.61 Å². The summed E-state index contributed by atoms with van der Waals surface area (Å²) in [7, 11) is 0. The maximum absolute atomic E-state index is 11.8. The standard InChI is InChI=1S/C16H20N2O3/c1-11(2)9-10-20-16(19)17-14-12(3)21-18-15(14)13-7-5-4-6-8-13/h4-8,11H,9-10H2,1-3H3,(H,17,19). The van der Waals surface area contributed by atoms with Crippen molar-refractivity contribution in [3.63, 3.8) is 0 Å². The van der Waals surface area contributed by atoms with Gasteiger partial charge in [-0.25, -0.2) is 4.79 Å². The van der Waals surface area contributed by atoms with Crippen LogP contribution in [0.5, 0.6) is 0 Å². The van der Waals surface area contributed by atoms with Crippen LogP contribution < -0.4 is 5.32 Å². The maximum atomic E-state index is 11.8. The summed E-state index contributed by atoms with van der Waals surface area (Å²) in [4.78, 5) is 11.8. The van der Waals surface area contributed by atoms with Crippen LogP contribution in [0, 0.1) is 12.8 Å². The van der Waals surface area contributed by atoms with Gasteiger partial charge in [0.25, 0.3) is 0 Å². The molecule has 21 heavy (non-hydrogen) atoms. The summed E-state index contributed by atoms with van der Waals surface area (Å²) in [5.74, 6) is 1.05. The number of carbonyl (C=O) groups excluding carboxylic acids is 1. The summed E-state index contributed by atoms with van der Waals surface area (Å²) in [6, 6.07) is 9.55. The molecule has 2 aromatic rings. The topological polar surface area (TPSA) is 64.4 Å². The monoisotopic (exact) mass is 288 g/mol. The number of aryl methyl sites for hydroxylation is 1. The van der Waals surface area contributed by atoms with Crippen LogP contribution in [-0.2, 0) is 4.74 Å². The zero-order chi connectivity index (χ0) is 15.2. The zero-order valence-electron chi connectivity index (χ0n) is 12.6. The number of amides is 1. The van der Waals surface area contributed by atoms with Crippen LogP contribution in [-0.4, -0.2) is 17.9 Å². The number of anilines is 1. The molecule has 0 fully saturated rings. The normalized spacial score (nSPS) is 10.7. The predicted molar refractivity (Wildman–Crippen MR) is 81.1 cm³/mol. The second-order valence-electron chi connectivity index (χ2n) is 5.27. The molecule has 0 unspecified atom stereocenters. The third kappa shape index (κ3) is 4.08. The first-order valence-corrected chi connectivity index (χ1v) is 7.03. The molecule has 0 bridgehead atoms. The molecule has 5 heteroatoms. The van der Waals surface area contributed by atoms with Crippen LogP contribution in [0.4, 0.5) is 10.5 Å². The van der Waals surface area contributed by atoms with Crippen molar-refractivity contribution in [1.82, 2.24) is 5.16 Å². The van der Waals surface area contributed by atoms with E-state index in [1.807, 2.05) is 30.3 Å². The minimum absolute atomic E-state index is 0.397. The molecule has 0 atom stereocenters. The first-order valence-electron chi connectivity index (χ1n) is 7.03. The molecule has 0 aliphatic heterocycles. The lowest BCUT2D eigenvalue weighted by Gasteiger charge is -2.08. The van der Waals surface area contributed by atoms with E-state index in [2.05, 4.69) is 24.3 Å². The van der Waals surface area contributed by atoms with Crippen LogP contribution in [0.25, 0.3) is 11.3 Å². The maximum Gasteiger partial charge on any atom is 0.411 e. The minimum atomic E-state index is -0.487. The molecule has 1 heterocycles. The Balaban J connectivity index is 2.07. The Kier molecular flexibility index (Phi) is 4.98. The largest absolute Gasteiger partial charge is 0.449 e. The lowest BCUT2D eigenvalue weighted by atomic mass is 10.1. The molecule has 0 saturated heterocycles. The van der Waals surface area contributed by atoms with Crippen LogP contribution in [0.1, 0.15) is 26.0 Å². The number of rotatable bonds is 5. The molecule has 1 N–H and O–H groups in total. The summed E-state index contributed by atoms with van der Waals surface area (Å²) in [5.41, 5.74) is 2.04. The number of nitrogens with one attached hydrogen (secondary N) is 1. The fraction of sp³-hybridized carbons (Fsp3) is 0.375. The number of carbonyl (C=O) groups is 1. The van der Waals surface area contributed by atoms with Crippen LogP contribution in [0.2, 0.25) is 0 Å². The van der Waals surface area contributed by atoms with Gasteiger partial charge in [-0.3, -0.25) is 5.32 Å². The molecule has 0 aliphatic rings. The molecule has 1 aromatic carbocycles. The van der Waals surface area contributed by atoms with Crippen molar-refractivity contribution in [2.45, 2.75) is 27.2 Å². The zero-order valence-corrected chi connectivity index (χ0v) is 12.6. The molecule has 1 amide bonds. The van der Waals surface area contributed by atoms with Crippen molar-refractivity contribution < 1.29 is 14.1 Å². The highest BCUT2D eigenvalue weighted by atomic mass is 16.5. The van der Waals surface area contributed by atoms with Crippen molar-refractivity contribution in [2.75, 3.05) is 11.9 Å². The average molecular weight is 288 g/mol. The molecule has 112 valence electrons. The van der Waals surface area contributed by atoms with Crippen LogP contribution in [0.3, 0.4) is 0 Å². The van der Waals surface area contributed by atoms with Gasteiger partial charge in [0.2, 0.25) is 0 Å². The summed E-state index contributed by atoms with van der Waals surface area (Å²) in [6.07, 6.45) is 0.348. The van der Waals surface area contributed by atoms with Crippen molar-refractivity contribution in [3.8, 4) is 11.3 Å². The van der Waals surface area contributed by atoms with E-state index in [0.717, 1.165) is 12.0 Å². The molecule has 0 saturated carbocycles. The van der Waals surface area contributed by atoms with Gasteiger partial charge in [-0.1, -0.05) is 49.3 Å². The van der Waals surface area contributed by atoms with E-state index in [1.165, 1.54) is 0 Å². The molecule has 0 radical (unpaired) electrons. The van der Waals surface area contributed by atoms with Gasteiger partial charge < -0.3 is 9.26 Å². The number of hydrogen-bond acceptors (Lipinski definition) is 4. The molecule has 1 aromatic heterocycles. The number of nitrogens with zero attached hydrogens (tertiary/aromatic N) is 1.